The first-order valence-corrected chi connectivity index (χ1v) is 4.37. The minimum atomic E-state index is -0.326. The molecule has 0 bridgehead atoms. The van der Waals surface area contributed by atoms with Gasteiger partial charge in [-0.1, -0.05) is 20.8 Å². The third kappa shape index (κ3) is 1.97. The van der Waals surface area contributed by atoms with Crippen LogP contribution in [-0.4, -0.2) is 15.6 Å². The second-order valence-corrected chi connectivity index (χ2v) is 4.38. The number of aromatic nitrogens is 2. The number of ketones is 1. The van der Waals surface area contributed by atoms with Crippen molar-refractivity contribution in [2.75, 3.05) is 0 Å². The molecule has 0 aliphatic carbocycles. The molecule has 0 amide bonds. The van der Waals surface area contributed by atoms with Gasteiger partial charge in [-0.3, -0.25) is 9.48 Å². The first-order chi connectivity index (χ1) is 5.82. The summed E-state index contributed by atoms with van der Waals surface area (Å²) in [4.78, 5) is 11.8. The van der Waals surface area contributed by atoms with E-state index in [1.165, 1.54) is 0 Å². The maximum Gasteiger partial charge on any atom is 0.171 e. The Bertz CT molecular complexity index is 331. The van der Waals surface area contributed by atoms with E-state index in [2.05, 4.69) is 5.10 Å². The van der Waals surface area contributed by atoms with E-state index in [1.807, 2.05) is 34.7 Å². The molecule has 1 aromatic heterocycles. The van der Waals surface area contributed by atoms with Gasteiger partial charge in [-0.15, -0.1) is 0 Å². The molecule has 0 N–H and O–H groups in total. The third-order valence-corrected chi connectivity index (χ3v) is 1.94. The first kappa shape index (κ1) is 9.96. The normalized spacial score (nSPS) is 11.8. The molecular formula is C10H16N2O. The second kappa shape index (κ2) is 2.98. The zero-order valence-corrected chi connectivity index (χ0v) is 8.88. The van der Waals surface area contributed by atoms with Gasteiger partial charge >= 0.3 is 0 Å². The Kier molecular flexibility index (Phi) is 2.28. The van der Waals surface area contributed by atoms with E-state index < -0.39 is 0 Å². The van der Waals surface area contributed by atoms with E-state index in [0.717, 1.165) is 11.3 Å². The number of Topliss-reactive ketones (excluding diaryl/α,β-unsaturated/α-hetero) is 1. The third-order valence-electron chi connectivity index (χ3n) is 1.94. The summed E-state index contributed by atoms with van der Waals surface area (Å²) in [6, 6.07) is 0. The zero-order valence-electron chi connectivity index (χ0n) is 8.88. The van der Waals surface area contributed by atoms with Crippen LogP contribution in [0, 0.1) is 12.3 Å². The Labute approximate surface area is 78.8 Å². The number of aryl methyl sites for hydroxylation is 2. The smallest absolute Gasteiger partial charge is 0.171 e. The SMILES string of the molecule is Cc1nn(C)cc1C(=O)C(C)(C)C. The van der Waals surface area contributed by atoms with E-state index in [4.69, 9.17) is 0 Å². The van der Waals surface area contributed by atoms with Crippen LogP contribution in [0.4, 0.5) is 0 Å². The van der Waals surface area contributed by atoms with Crippen LogP contribution in [0.1, 0.15) is 36.8 Å². The minimum Gasteiger partial charge on any atom is -0.293 e. The molecule has 1 aromatic rings. The monoisotopic (exact) mass is 180 g/mol. The maximum atomic E-state index is 11.8. The summed E-state index contributed by atoms with van der Waals surface area (Å²) < 4.78 is 1.67. The molecule has 3 nitrogen and oxygen atoms in total. The van der Waals surface area contributed by atoms with Crippen LogP contribution < -0.4 is 0 Å². The van der Waals surface area contributed by atoms with Gasteiger partial charge in [-0.05, 0) is 6.92 Å². The summed E-state index contributed by atoms with van der Waals surface area (Å²) in [5.74, 6) is 0.151. The Morgan fingerprint density at radius 3 is 2.31 bits per heavy atom. The molecule has 0 fully saturated rings. The van der Waals surface area contributed by atoms with Crippen molar-refractivity contribution in [1.29, 1.82) is 0 Å². The van der Waals surface area contributed by atoms with Crippen molar-refractivity contribution in [3.63, 3.8) is 0 Å². The van der Waals surface area contributed by atoms with Gasteiger partial charge in [-0.2, -0.15) is 5.10 Å². The molecule has 0 aliphatic heterocycles. The minimum absolute atomic E-state index is 0.151. The first-order valence-electron chi connectivity index (χ1n) is 4.37. The van der Waals surface area contributed by atoms with Crippen LogP contribution in [0.25, 0.3) is 0 Å². The predicted molar refractivity (Wildman–Crippen MR) is 51.7 cm³/mol. The number of hydrogen-bond donors (Lipinski definition) is 0. The number of nitrogens with zero attached hydrogens (tertiary/aromatic N) is 2. The fraction of sp³-hybridized carbons (Fsp3) is 0.600. The summed E-state index contributed by atoms with van der Waals surface area (Å²) in [5.41, 5.74) is 1.21. The van der Waals surface area contributed by atoms with Crippen molar-refractivity contribution >= 4 is 5.78 Å². The molecular weight excluding hydrogens is 164 g/mol. The highest BCUT2D eigenvalue weighted by Crippen LogP contribution is 2.21. The van der Waals surface area contributed by atoms with Crippen LogP contribution >= 0.6 is 0 Å². The fourth-order valence-electron chi connectivity index (χ4n) is 1.23. The molecule has 1 heterocycles. The van der Waals surface area contributed by atoms with Crippen molar-refractivity contribution in [2.45, 2.75) is 27.7 Å². The molecule has 0 unspecified atom stereocenters. The molecule has 0 saturated heterocycles. The van der Waals surface area contributed by atoms with Crippen LogP contribution in [0.3, 0.4) is 0 Å². The largest absolute Gasteiger partial charge is 0.293 e. The number of hydrogen-bond acceptors (Lipinski definition) is 2. The molecule has 0 aromatic carbocycles. The zero-order chi connectivity index (χ0) is 10.2. The van der Waals surface area contributed by atoms with Crippen molar-refractivity contribution < 1.29 is 4.79 Å². The second-order valence-electron chi connectivity index (χ2n) is 4.38. The van der Waals surface area contributed by atoms with Crippen molar-refractivity contribution in [2.24, 2.45) is 12.5 Å². The number of rotatable bonds is 1. The van der Waals surface area contributed by atoms with Gasteiger partial charge in [0.2, 0.25) is 0 Å². The summed E-state index contributed by atoms with van der Waals surface area (Å²) in [7, 11) is 1.83. The van der Waals surface area contributed by atoms with Crippen LogP contribution in [0.5, 0.6) is 0 Å². The van der Waals surface area contributed by atoms with E-state index in [-0.39, 0.29) is 11.2 Å². The quantitative estimate of drug-likeness (QED) is 0.619. The average Bonchev–Trinajstić information content (AvgIpc) is 2.26. The number of carbonyl (C=O) groups is 1. The molecule has 0 atom stereocenters. The van der Waals surface area contributed by atoms with Crippen molar-refractivity contribution in [1.82, 2.24) is 9.78 Å². The summed E-state index contributed by atoms with van der Waals surface area (Å²) in [6.07, 6.45) is 1.78. The van der Waals surface area contributed by atoms with Gasteiger partial charge in [0.25, 0.3) is 0 Å². The van der Waals surface area contributed by atoms with Crippen molar-refractivity contribution in [3.8, 4) is 0 Å². The van der Waals surface area contributed by atoms with Gasteiger partial charge in [0.05, 0.1) is 11.3 Å². The molecule has 72 valence electrons. The lowest BCUT2D eigenvalue weighted by molar-refractivity contribution is 0.0857. The lowest BCUT2D eigenvalue weighted by Crippen LogP contribution is -2.20. The molecule has 1 rings (SSSR count). The van der Waals surface area contributed by atoms with Gasteiger partial charge in [0.15, 0.2) is 5.78 Å². The van der Waals surface area contributed by atoms with E-state index in [0.29, 0.717) is 0 Å². The van der Waals surface area contributed by atoms with E-state index in [1.54, 1.807) is 10.9 Å². The molecule has 0 aliphatic rings. The molecule has 3 heteroatoms. The summed E-state index contributed by atoms with van der Waals surface area (Å²) in [5, 5.41) is 4.14. The van der Waals surface area contributed by atoms with E-state index >= 15 is 0 Å². The Morgan fingerprint density at radius 2 is 2.00 bits per heavy atom. The fourth-order valence-corrected chi connectivity index (χ4v) is 1.23. The highest BCUT2D eigenvalue weighted by Gasteiger charge is 2.25. The highest BCUT2D eigenvalue weighted by molar-refractivity contribution is 6.00. The van der Waals surface area contributed by atoms with Gasteiger partial charge in [0.1, 0.15) is 0 Å². The van der Waals surface area contributed by atoms with E-state index in [9.17, 15) is 4.79 Å². The van der Waals surface area contributed by atoms with Crippen LogP contribution in [-0.2, 0) is 7.05 Å². The van der Waals surface area contributed by atoms with Crippen LogP contribution in [0.15, 0.2) is 6.20 Å². The lowest BCUT2D eigenvalue weighted by Gasteiger charge is -2.15. The number of carbonyl (C=O) groups excluding carboxylic acids is 1. The van der Waals surface area contributed by atoms with Crippen LogP contribution in [0.2, 0.25) is 0 Å². The lowest BCUT2D eigenvalue weighted by atomic mass is 9.87. The maximum absolute atomic E-state index is 11.8. The summed E-state index contributed by atoms with van der Waals surface area (Å²) >= 11 is 0. The topological polar surface area (TPSA) is 34.9 Å². The standard InChI is InChI=1S/C10H16N2O/c1-7-8(6-12(5)11-7)9(13)10(2,3)4/h6H,1-5H3. The van der Waals surface area contributed by atoms with Gasteiger partial charge in [0, 0.05) is 18.7 Å². The Hall–Kier alpha value is -1.12. The molecule has 0 radical (unpaired) electrons. The van der Waals surface area contributed by atoms with Crippen molar-refractivity contribution in [3.05, 3.63) is 17.5 Å². The van der Waals surface area contributed by atoms with Gasteiger partial charge < -0.3 is 0 Å². The van der Waals surface area contributed by atoms with Gasteiger partial charge in [-0.25, -0.2) is 0 Å². The summed E-state index contributed by atoms with van der Waals surface area (Å²) in [6.45, 7) is 7.62. The molecule has 13 heavy (non-hydrogen) atoms. The highest BCUT2D eigenvalue weighted by atomic mass is 16.1. The molecule has 0 spiro atoms. The average molecular weight is 180 g/mol. The predicted octanol–water partition coefficient (Wildman–Crippen LogP) is 1.96. The Balaban J connectivity index is 3.09. The Morgan fingerprint density at radius 1 is 1.46 bits per heavy atom. The molecule has 0 saturated carbocycles.